The topological polar surface area (TPSA) is 51.2 Å². The number of hydrogen-bond donors (Lipinski definition) is 1. The highest BCUT2D eigenvalue weighted by Crippen LogP contribution is 2.14. The summed E-state index contributed by atoms with van der Waals surface area (Å²) in [5, 5.41) is 3.98. The minimum Gasteiger partial charge on any atom is -0.494 e. The lowest BCUT2D eigenvalue weighted by atomic mass is 10.1. The van der Waals surface area contributed by atoms with Crippen molar-refractivity contribution >= 4 is 16.8 Å². The van der Waals surface area contributed by atoms with Crippen LogP contribution in [0, 0.1) is 6.92 Å². The number of amides is 1. The van der Waals surface area contributed by atoms with Gasteiger partial charge in [0.05, 0.1) is 12.1 Å². The minimum absolute atomic E-state index is 0.0246. The van der Waals surface area contributed by atoms with Crippen LogP contribution >= 0.6 is 0 Å². The zero-order valence-corrected chi connectivity index (χ0v) is 15.8. The molecule has 0 radical (unpaired) electrons. The van der Waals surface area contributed by atoms with Crippen LogP contribution < -0.4 is 10.1 Å². The fourth-order valence-corrected chi connectivity index (χ4v) is 2.93. The number of nitrogens with one attached hydrogen (secondary N) is 1. The van der Waals surface area contributed by atoms with Crippen LogP contribution in [0.2, 0.25) is 0 Å². The van der Waals surface area contributed by atoms with Gasteiger partial charge >= 0.3 is 0 Å². The first kappa shape index (κ1) is 18.9. The Labute approximate surface area is 160 Å². The lowest BCUT2D eigenvalue weighted by molar-refractivity contribution is 0.0953. The molecule has 3 aromatic rings. The molecule has 1 aromatic heterocycles. The molecular formula is C23H26N2O2. The van der Waals surface area contributed by atoms with Gasteiger partial charge in [-0.2, -0.15) is 0 Å². The Bertz CT molecular complexity index is 875. The normalized spacial score (nSPS) is 10.7. The summed E-state index contributed by atoms with van der Waals surface area (Å²) in [4.78, 5) is 16.5. The van der Waals surface area contributed by atoms with Gasteiger partial charge in [-0.25, -0.2) is 0 Å². The summed E-state index contributed by atoms with van der Waals surface area (Å²) in [5.41, 5.74) is 2.83. The number of pyridine rings is 1. The molecule has 0 aliphatic heterocycles. The highest BCUT2D eigenvalue weighted by Gasteiger charge is 2.05. The molecule has 0 aliphatic carbocycles. The van der Waals surface area contributed by atoms with Gasteiger partial charge in [-0.05, 0) is 56.2 Å². The lowest BCUT2D eigenvalue weighted by Crippen LogP contribution is -2.24. The standard InChI is InChI=1S/C23H26N2O2/c1-18-8-11-21(12-9-18)27-16-5-3-2-4-14-25-23(26)20-10-13-22-19(17-20)7-6-15-24-22/h6-13,15,17H,2-5,14,16H2,1H3,(H,25,26). The first-order valence-corrected chi connectivity index (χ1v) is 9.55. The predicted molar refractivity (Wildman–Crippen MR) is 109 cm³/mol. The number of carbonyl (C=O) groups is 1. The van der Waals surface area contributed by atoms with Gasteiger partial charge in [0.15, 0.2) is 0 Å². The molecule has 4 heteroatoms. The van der Waals surface area contributed by atoms with E-state index in [9.17, 15) is 4.79 Å². The Kier molecular flexibility index (Phi) is 6.80. The van der Waals surface area contributed by atoms with Gasteiger partial charge in [-0.15, -0.1) is 0 Å². The molecule has 1 amide bonds. The number of aromatic nitrogens is 1. The van der Waals surface area contributed by atoms with Gasteiger partial charge in [0.25, 0.3) is 5.91 Å². The minimum atomic E-state index is -0.0246. The number of ether oxygens (including phenoxy) is 1. The van der Waals surface area contributed by atoms with Crippen LogP contribution in [-0.4, -0.2) is 24.0 Å². The monoisotopic (exact) mass is 362 g/mol. The molecule has 27 heavy (non-hydrogen) atoms. The third-order valence-electron chi connectivity index (χ3n) is 4.51. The third-order valence-corrected chi connectivity index (χ3v) is 4.51. The van der Waals surface area contributed by atoms with E-state index < -0.39 is 0 Å². The second-order valence-electron chi connectivity index (χ2n) is 6.74. The quantitative estimate of drug-likeness (QED) is 0.550. The highest BCUT2D eigenvalue weighted by atomic mass is 16.5. The first-order chi connectivity index (χ1) is 13.2. The molecule has 4 nitrogen and oxygen atoms in total. The lowest BCUT2D eigenvalue weighted by Gasteiger charge is -2.07. The Morgan fingerprint density at radius 3 is 2.67 bits per heavy atom. The molecule has 140 valence electrons. The zero-order valence-electron chi connectivity index (χ0n) is 15.8. The van der Waals surface area contributed by atoms with E-state index in [1.54, 1.807) is 6.20 Å². The summed E-state index contributed by atoms with van der Waals surface area (Å²) in [6.07, 6.45) is 5.95. The van der Waals surface area contributed by atoms with Crippen molar-refractivity contribution in [2.24, 2.45) is 0 Å². The molecule has 0 aliphatic rings. The van der Waals surface area contributed by atoms with Gasteiger partial charge in [0.1, 0.15) is 5.75 Å². The highest BCUT2D eigenvalue weighted by molar-refractivity contribution is 5.97. The molecule has 0 atom stereocenters. The summed E-state index contributed by atoms with van der Waals surface area (Å²) in [6.45, 7) is 3.50. The van der Waals surface area contributed by atoms with Crippen LogP contribution in [-0.2, 0) is 0 Å². The van der Waals surface area contributed by atoms with Crippen molar-refractivity contribution in [2.75, 3.05) is 13.2 Å². The molecule has 0 saturated carbocycles. The molecule has 0 saturated heterocycles. The summed E-state index contributed by atoms with van der Waals surface area (Å²) in [6, 6.07) is 17.6. The number of aryl methyl sites for hydroxylation is 1. The molecular weight excluding hydrogens is 336 g/mol. The van der Waals surface area contributed by atoms with Crippen molar-refractivity contribution in [3.05, 3.63) is 71.9 Å². The van der Waals surface area contributed by atoms with Crippen LogP contribution in [0.25, 0.3) is 10.9 Å². The maximum atomic E-state index is 12.3. The fraction of sp³-hybridized carbons (Fsp3) is 0.304. The predicted octanol–water partition coefficient (Wildman–Crippen LogP) is 4.91. The van der Waals surface area contributed by atoms with Crippen LogP contribution in [0.4, 0.5) is 0 Å². The molecule has 0 bridgehead atoms. The summed E-state index contributed by atoms with van der Waals surface area (Å²) in [5.74, 6) is 0.905. The Morgan fingerprint density at radius 1 is 1.00 bits per heavy atom. The van der Waals surface area contributed by atoms with E-state index in [1.807, 2.05) is 42.5 Å². The number of rotatable bonds is 9. The van der Waals surface area contributed by atoms with Crippen molar-refractivity contribution in [3.8, 4) is 5.75 Å². The van der Waals surface area contributed by atoms with E-state index >= 15 is 0 Å². The number of benzene rings is 2. The van der Waals surface area contributed by atoms with Gasteiger partial charge < -0.3 is 10.1 Å². The van der Waals surface area contributed by atoms with Crippen molar-refractivity contribution in [1.82, 2.24) is 10.3 Å². The molecule has 1 N–H and O–H groups in total. The second-order valence-corrected chi connectivity index (χ2v) is 6.74. The molecule has 0 fully saturated rings. The average molecular weight is 362 g/mol. The van der Waals surface area contributed by atoms with Crippen molar-refractivity contribution in [2.45, 2.75) is 32.6 Å². The van der Waals surface area contributed by atoms with Gasteiger partial charge in [0.2, 0.25) is 0 Å². The number of hydrogen-bond acceptors (Lipinski definition) is 3. The van der Waals surface area contributed by atoms with Gasteiger partial charge in [-0.1, -0.05) is 36.6 Å². The number of fused-ring (bicyclic) bond motifs is 1. The van der Waals surface area contributed by atoms with E-state index in [0.29, 0.717) is 12.1 Å². The molecule has 0 spiro atoms. The van der Waals surface area contributed by atoms with Crippen LogP contribution in [0.15, 0.2) is 60.8 Å². The second kappa shape index (κ2) is 9.72. The number of carbonyl (C=O) groups excluding carboxylic acids is 1. The molecule has 2 aromatic carbocycles. The maximum absolute atomic E-state index is 12.3. The fourth-order valence-electron chi connectivity index (χ4n) is 2.93. The van der Waals surface area contributed by atoms with Crippen molar-refractivity contribution in [1.29, 1.82) is 0 Å². The van der Waals surface area contributed by atoms with Crippen molar-refractivity contribution in [3.63, 3.8) is 0 Å². The third kappa shape index (κ3) is 5.81. The van der Waals surface area contributed by atoms with Crippen LogP contribution in [0.1, 0.15) is 41.6 Å². The smallest absolute Gasteiger partial charge is 0.251 e. The van der Waals surface area contributed by atoms with E-state index in [1.165, 1.54) is 5.56 Å². The Morgan fingerprint density at radius 2 is 1.81 bits per heavy atom. The van der Waals surface area contributed by atoms with Gasteiger partial charge in [-0.3, -0.25) is 9.78 Å². The van der Waals surface area contributed by atoms with E-state index in [0.717, 1.165) is 48.9 Å². The van der Waals surface area contributed by atoms with E-state index in [2.05, 4.69) is 29.4 Å². The number of unbranched alkanes of at least 4 members (excludes halogenated alkanes) is 3. The molecule has 0 unspecified atom stereocenters. The summed E-state index contributed by atoms with van der Waals surface area (Å²) >= 11 is 0. The largest absolute Gasteiger partial charge is 0.494 e. The maximum Gasteiger partial charge on any atom is 0.251 e. The molecule has 3 rings (SSSR count). The SMILES string of the molecule is Cc1ccc(OCCCCCCNC(=O)c2ccc3ncccc3c2)cc1. The summed E-state index contributed by atoms with van der Waals surface area (Å²) in [7, 11) is 0. The first-order valence-electron chi connectivity index (χ1n) is 9.55. The Hall–Kier alpha value is -2.88. The van der Waals surface area contributed by atoms with Crippen LogP contribution in [0.5, 0.6) is 5.75 Å². The van der Waals surface area contributed by atoms with Crippen molar-refractivity contribution < 1.29 is 9.53 Å². The van der Waals surface area contributed by atoms with E-state index in [4.69, 9.17) is 4.74 Å². The average Bonchev–Trinajstić information content (AvgIpc) is 2.70. The van der Waals surface area contributed by atoms with Gasteiger partial charge in [0, 0.05) is 23.7 Å². The zero-order chi connectivity index (χ0) is 18.9. The summed E-state index contributed by atoms with van der Waals surface area (Å²) < 4.78 is 5.72. The Balaban J connectivity index is 1.29. The van der Waals surface area contributed by atoms with E-state index in [-0.39, 0.29) is 5.91 Å². The van der Waals surface area contributed by atoms with Crippen LogP contribution in [0.3, 0.4) is 0 Å². The number of nitrogens with zero attached hydrogens (tertiary/aromatic N) is 1. The molecule has 1 heterocycles.